The Morgan fingerprint density at radius 2 is 2.07 bits per heavy atom. The summed E-state index contributed by atoms with van der Waals surface area (Å²) in [6, 6.07) is 11.8. The molecule has 2 aliphatic rings. The summed E-state index contributed by atoms with van der Waals surface area (Å²) in [7, 11) is 0. The van der Waals surface area contributed by atoms with Crippen molar-refractivity contribution in [1.29, 1.82) is 0 Å². The number of carbonyl (C=O) groups excluding carboxylic acids is 1. The van der Waals surface area contributed by atoms with E-state index >= 15 is 0 Å². The molecule has 0 bridgehead atoms. The zero-order chi connectivity index (χ0) is 18.8. The second-order valence-electron chi connectivity index (χ2n) is 7.83. The summed E-state index contributed by atoms with van der Waals surface area (Å²) in [5.41, 5.74) is 4.16. The summed E-state index contributed by atoms with van der Waals surface area (Å²) in [5, 5.41) is 0.973. The Morgan fingerprint density at radius 1 is 1.22 bits per heavy atom. The lowest BCUT2D eigenvalue weighted by Crippen LogP contribution is -2.30. The largest absolute Gasteiger partial charge is 0.488 e. The van der Waals surface area contributed by atoms with Gasteiger partial charge in [-0.15, -0.1) is 0 Å². The number of carbonyl (C=O) groups is 1. The smallest absolute Gasteiger partial charge is 0.195 e. The molecule has 1 saturated heterocycles. The van der Waals surface area contributed by atoms with Crippen molar-refractivity contribution in [2.24, 2.45) is 0 Å². The van der Waals surface area contributed by atoms with E-state index < -0.39 is 0 Å². The van der Waals surface area contributed by atoms with Crippen LogP contribution in [0.4, 0.5) is 0 Å². The van der Waals surface area contributed by atoms with Gasteiger partial charge in [0, 0.05) is 38.5 Å². The van der Waals surface area contributed by atoms with Crippen LogP contribution in [-0.4, -0.2) is 30.1 Å². The fraction of sp³-hybridized carbons (Fsp3) is 0.318. The van der Waals surface area contributed by atoms with E-state index in [0.717, 1.165) is 56.5 Å². The number of hydrogen-bond donors (Lipinski definition) is 1. The van der Waals surface area contributed by atoms with E-state index in [2.05, 4.69) is 34.8 Å². The molecule has 4 nitrogen and oxygen atoms in total. The van der Waals surface area contributed by atoms with Crippen LogP contribution in [-0.2, 0) is 10.2 Å². The molecule has 2 heterocycles. The van der Waals surface area contributed by atoms with E-state index in [4.69, 9.17) is 9.47 Å². The zero-order valence-corrected chi connectivity index (χ0v) is 16.9. The number of fused-ring (bicyclic) bond motifs is 4. The number of benzene rings is 2. The van der Waals surface area contributed by atoms with E-state index in [1.54, 1.807) is 0 Å². The number of rotatable bonds is 2. The highest BCUT2D eigenvalue weighted by molar-refractivity contribution is 9.10. The molecule has 5 rings (SSSR count). The van der Waals surface area contributed by atoms with Crippen LogP contribution in [0, 0.1) is 0 Å². The quantitative estimate of drug-likeness (QED) is 0.630. The molecule has 1 aliphatic carbocycles. The fourth-order valence-electron chi connectivity index (χ4n) is 4.25. The fourth-order valence-corrected chi connectivity index (χ4v) is 4.61. The molecule has 1 fully saturated rings. The Balaban J connectivity index is 1.65. The van der Waals surface area contributed by atoms with Gasteiger partial charge < -0.3 is 14.5 Å². The van der Waals surface area contributed by atoms with Crippen molar-refractivity contribution < 1.29 is 14.3 Å². The number of nitrogens with one attached hydrogen (secondary N) is 1. The second kappa shape index (κ2) is 5.94. The van der Waals surface area contributed by atoms with Gasteiger partial charge in [0.25, 0.3) is 0 Å². The van der Waals surface area contributed by atoms with Crippen LogP contribution in [0.15, 0.2) is 40.9 Å². The number of halogens is 1. The van der Waals surface area contributed by atoms with Gasteiger partial charge >= 0.3 is 0 Å². The van der Waals surface area contributed by atoms with Crippen LogP contribution in [0.1, 0.15) is 47.4 Å². The number of ketones is 1. The Bertz CT molecular complexity index is 1080. The molecule has 3 aromatic rings. The van der Waals surface area contributed by atoms with Crippen LogP contribution in [0.3, 0.4) is 0 Å². The lowest BCUT2D eigenvalue weighted by Gasteiger charge is -2.32. The van der Waals surface area contributed by atoms with Gasteiger partial charge in [0.2, 0.25) is 0 Å². The molecule has 138 valence electrons. The van der Waals surface area contributed by atoms with Gasteiger partial charge in [0.1, 0.15) is 11.9 Å². The highest BCUT2D eigenvalue weighted by atomic mass is 79.9. The number of ether oxygens (including phenoxy) is 2. The Labute approximate surface area is 166 Å². The highest BCUT2D eigenvalue weighted by Crippen LogP contribution is 2.45. The third-order valence-electron chi connectivity index (χ3n) is 5.71. The Hall–Kier alpha value is -2.11. The third-order valence-corrected chi connectivity index (χ3v) is 6.21. The third kappa shape index (κ3) is 2.56. The number of aromatic nitrogens is 1. The molecule has 2 aromatic carbocycles. The molecule has 1 aromatic heterocycles. The first-order valence-electron chi connectivity index (χ1n) is 9.20. The average Bonchev–Trinajstić information content (AvgIpc) is 3.27. The minimum Gasteiger partial charge on any atom is -0.488 e. The number of aromatic amines is 1. The first kappa shape index (κ1) is 17.0. The molecule has 1 aliphatic heterocycles. The first-order chi connectivity index (χ1) is 12.9. The number of hydrogen-bond acceptors (Lipinski definition) is 3. The first-order valence-corrected chi connectivity index (χ1v) is 10.00. The molecule has 0 amide bonds. The normalized spacial score (nSPS) is 20.6. The maximum atomic E-state index is 13.3. The van der Waals surface area contributed by atoms with Crippen LogP contribution in [0.25, 0.3) is 10.9 Å². The second-order valence-corrected chi connectivity index (χ2v) is 8.75. The van der Waals surface area contributed by atoms with Crippen molar-refractivity contribution in [2.45, 2.75) is 31.8 Å². The summed E-state index contributed by atoms with van der Waals surface area (Å²) in [6.07, 6.45) is 0.993. The van der Waals surface area contributed by atoms with E-state index in [1.807, 2.05) is 36.4 Å². The monoisotopic (exact) mass is 425 g/mol. The predicted octanol–water partition coefficient (Wildman–Crippen LogP) is 4.97. The molecule has 1 N–H and O–H groups in total. The summed E-state index contributed by atoms with van der Waals surface area (Å²) >= 11 is 3.52. The zero-order valence-electron chi connectivity index (χ0n) is 15.3. The Kier molecular flexibility index (Phi) is 3.75. The minimum absolute atomic E-state index is 0.0728. The van der Waals surface area contributed by atoms with Gasteiger partial charge in [0.15, 0.2) is 5.78 Å². The van der Waals surface area contributed by atoms with Crippen molar-refractivity contribution in [3.05, 3.63) is 63.3 Å². The molecule has 0 unspecified atom stereocenters. The molecular formula is C22H20BrNO3. The van der Waals surface area contributed by atoms with Gasteiger partial charge in [-0.2, -0.15) is 0 Å². The minimum atomic E-state index is -0.324. The Morgan fingerprint density at radius 3 is 2.85 bits per heavy atom. The molecule has 0 radical (unpaired) electrons. The van der Waals surface area contributed by atoms with Crippen molar-refractivity contribution in [2.75, 3.05) is 13.2 Å². The van der Waals surface area contributed by atoms with Gasteiger partial charge in [-0.3, -0.25) is 4.79 Å². The van der Waals surface area contributed by atoms with Gasteiger partial charge in [0.05, 0.1) is 18.8 Å². The SMILES string of the molecule is CC1(C)c2cc(O[C@H]3CCOC3)ccc2C(=O)c2c1[nH]c1cc(Br)ccc21. The van der Waals surface area contributed by atoms with E-state index in [1.165, 1.54) is 0 Å². The molecule has 27 heavy (non-hydrogen) atoms. The molecule has 5 heteroatoms. The summed E-state index contributed by atoms with van der Waals surface area (Å²) in [5.74, 6) is 0.871. The van der Waals surface area contributed by atoms with Crippen LogP contribution >= 0.6 is 15.9 Å². The van der Waals surface area contributed by atoms with E-state index in [9.17, 15) is 4.79 Å². The van der Waals surface area contributed by atoms with Crippen molar-refractivity contribution in [1.82, 2.24) is 4.98 Å². The number of H-pyrrole nitrogens is 1. The standard InChI is InChI=1S/C22H20BrNO3/c1-22(2)17-10-13(27-14-7-8-26-11-14)4-6-15(17)20(25)19-16-5-3-12(23)9-18(16)24-21(19)22/h3-6,9-10,14,24H,7-8,11H2,1-2H3/t14-/m0/s1. The van der Waals surface area contributed by atoms with Gasteiger partial charge in [-0.05, 0) is 35.9 Å². The van der Waals surface area contributed by atoms with Gasteiger partial charge in [-0.25, -0.2) is 0 Å². The van der Waals surface area contributed by atoms with Crippen molar-refractivity contribution in [3.63, 3.8) is 0 Å². The van der Waals surface area contributed by atoms with Crippen molar-refractivity contribution in [3.8, 4) is 5.75 Å². The van der Waals surface area contributed by atoms with Crippen LogP contribution in [0.5, 0.6) is 5.75 Å². The lowest BCUT2D eigenvalue weighted by molar-refractivity contribution is 0.103. The lowest BCUT2D eigenvalue weighted by atomic mass is 9.71. The summed E-state index contributed by atoms with van der Waals surface area (Å²) < 4.78 is 12.5. The maximum absolute atomic E-state index is 13.3. The highest BCUT2D eigenvalue weighted by Gasteiger charge is 2.40. The van der Waals surface area contributed by atoms with E-state index in [0.29, 0.717) is 6.61 Å². The molecule has 0 saturated carbocycles. The molecule has 0 spiro atoms. The van der Waals surface area contributed by atoms with Crippen molar-refractivity contribution >= 4 is 32.6 Å². The summed E-state index contributed by atoms with van der Waals surface area (Å²) in [6.45, 7) is 5.68. The molecular weight excluding hydrogens is 406 g/mol. The molecule has 1 atom stereocenters. The maximum Gasteiger partial charge on any atom is 0.195 e. The van der Waals surface area contributed by atoms with E-state index in [-0.39, 0.29) is 17.3 Å². The topological polar surface area (TPSA) is 51.3 Å². The summed E-state index contributed by atoms with van der Waals surface area (Å²) in [4.78, 5) is 16.8. The van der Waals surface area contributed by atoms with Crippen LogP contribution < -0.4 is 4.74 Å². The van der Waals surface area contributed by atoms with Gasteiger partial charge in [-0.1, -0.05) is 35.8 Å². The predicted molar refractivity (Wildman–Crippen MR) is 108 cm³/mol. The van der Waals surface area contributed by atoms with Crippen LogP contribution in [0.2, 0.25) is 0 Å². The average molecular weight is 426 g/mol.